The monoisotopic (exact) mass is 159 g/mol. The maximum atomic E-state index is 9.07. The Morgan fingerprint density at radius 2 is 2.17 bits per heavy atom. The molecular formula is C9H10BNO. The zero-order chi connectivity index (χ0) is 8.97. The van der Waals surface area contributed by atoms with Crippen LogP contribution < -0.4 is 5.46 Å². The van der Waals surface area contributed by atoms with Crippen molar-refractivity contribution >= 4 is 13.3 Å². The van der Waals surface area contributed by atoms with Crippen molar-refractivity contribution in [2.24, 2.45) is 0 Å². The van der Waals surface area contributed by atoms with Gasteiger partial charge in [0.15, 0.2) is 0 Å². The minimum Gasteiger partial charge on any atom is -0.378 e. The molecule has 2 nitrogen and oxygen atoms in total. The molecule has 0 aromatic heterocycles. The molecule has 0 spiro atoms. The number of hydrogen-bond acceptors (Lipinski definition) is 2. The SMILES string of the molecule is Bc1ccccc1CC(O)C#N. The molecule has 0 bridgehead atoms. The summed E-state index contributed by atoms with van der Waals surface area (Å²) >= 11 is 0. The quantitative estimate of drug-likeness (QED) is 0.461. The maximum Gasteiger partial charge on any atom is 0.144 e. The Bertz CT molecular complexity index is 306. The van der Waals surface area contributed by atoms with E-state index in [2.05, 4.69) is 0 Å². The van der Waals surface area contributed by atoms with E-state index in [4.69, 9.17) is 10.4 Å². The molecule has 0 saturated heterocycles. The second kappa shape index (κ2) is 3.94. The Labute approximate surface area is 72.9 Å². The molecule has 60 valence electrons. The summed E-state index contributed by atoms with van der Waals surface area (Å²) in [5, 5.41) is 17.5. The topological polar surface area (TPSA) is 44.0 Å². The molecule has 1 aromatic carbocycles. The molecule has 0 saturated carbocycles. The van der Waals surface area contributed by atoms with Gasteiger partial charge in [0.05, 0.1) is 6.07 Å². The van der Waals surface area contributed by atoms with Gasteiger partial charge in [-0.25, -0.2) is 0 Å². The van der Waals surface area contributed by atoms with Gasteiger partial charge in [0, 0.05) is 6.42 Å². The minimum atomic E-state index is -0.883. The molecule has 0 radical (unpaired) electrons. The van der Waals surface area contributed by atoms with Crippen molar-refractivity contribution in [2.75, 3.05) is 0 Å². The highest BCUT2D eigenvalue weighted by Crippen LogP contribution is 1.98. The van der Waals surface area contributed by atoms with Gasteiger partial charge in [0.1, 0.15) is 14.0 Å². The summed E-state index contributed by atoms with van der Waals surface area (Å²) in [6.07, 6.45) is -0.463. The molecule has 0 aliphatic rings. The van der Waals surface area contributed by atoms with E-state index >= 15 is 0 Å². The van der Waals surface area contributed by atoms with Crippen LogP contribution in [0.25, 0.3) is 0 Å². The molecule has 1 aromatic rings. The summed E-state index contributed by atoms with van der Waals surface area (Å²) in [4.78, 5) is 0. The average Bonchev–Trinajstić information content (AvgIpc) is 2.09. The third kappa shape index (κ3) is 2.11. The number of nitriles is 1. The highest BCUT2D eigenvalue weighted by Gasteiger charge is 2.04. The largest absolute Gasteiger partial charge is 0.378 e. The van der Waals surface area contributed by atoms with Crippen LogP contribution in [-0.4, -0.2) is 19.1 Å². The number of nitrogens with zero attached hydrogens (tertiary/aromatic N) is 1. The number of hydrogen-bond donors (Lipinski definition) is 1. The highest BCUT2D eigenvalue weighted by molar-refractivity contribution is 6.33. The van der Waals surface area contributed by atoms with E-state index in [0.717, 1.165) is 11.0 Å². The number of aliphatic hydroxyl groups is 1. The fraction of sp³-hybridized carbons (Fsp3) is 0.222. The van der Waals surface area contributed by atoms with Crippen LogP contribution in [0.2, 0.25) is 0 Å². The van der Waals surface area contributed by atoms with Crippen molar-refractivity contribution in [1.29, 1.82) is 5.26 Å². The van der Waals surface area contributed by atoms with Crippen molar-refractivity contribution in [2.45, 2.75) is 12.5 Å². The molecule has 0 amide bonds. The molecule has 12 heavy (non-hydrogen) atoms. The Morgan fingerprint density at radius 3 is 2.75 bits per heavy atom. The summed E-state index contributed by atoms with van der Waals surface area (Å²) in [7, 11) is 1.97. The Balaban J connectivity index is 2.77. The molecule has 3 heteroatoms. The van der Waals surface area contributed by atoms with Gasteiger partial charge in [-0.05, 0) is 0 Å². The van der Waals surface area contributed by atoms with Gasteiger partial charge < -0.3 is 5.11 Å². The van der Waals surface area contributed by atoms with E-state index in [0.29, 0.717) is 6.42 Å². The second-order valence-electron chi connectivity index (χ2n) is 2.78. The molecule has 0 aliphatic carbocycles. The predicted molar refractivity (Wildman–Crippen MR) is 49.9 cm³/mol. The predicted octanol–water partition coefficient (Wildman–Crippen LogP) is -0.628. The molecule has 1 atom stereocenters. The van der Waals surface area contributed by atoms with Gasteiger partial charge in [0.25, 0.3) is 0 Å². The van der Waals surface area contributed by atoms with Crippen molar-refractivity contribution in [1.82, 2.24) is 0 Å². The number of aliphatic hydroxyl groups excluding tert-OH is 1. The summed E-state index contributed by atoms with van der Waals surface area (Å²) in [6, 6.07) is 9.55. The lowest BCUT2D eigenvalue weighted by Crippen LogP contribution is -2.16. The van der Waals surface area contributed by atoms with Gasteiger partial charge in [-0.3, -0.25) is 0 Å². The van der Waals surface area contributed by atoms with Crippen LogP contribution in [0.15, 0.2) is 24.3 Å². The first-order chi connectivity index (χ1) is 5.74. The van der Waals surface area contributed by atoms with E-state index in [-0.39, 0.29) is 0 Å². The van der Waals surface area contributed by atoms with Gasteiger partial charge in [0.2, 0.25) is 0 Å². The first-order valence-electron chi connectivity index (χ1n) is 3.86. The van der Waals surface area contributed by atoms with Crippen LogP contribution in [0.5, 0.6) is 0 Å². The van der Waals surface area contributed by atoms with Crippen LogP contribution in [0, 0.1) is 11.3 Å². The van der Waals surface area contributed by atoms with Crippen molar-refractivity contribution in [3.05, 3.63) is 29.8 Å². The van der Waals surface area contributed by atoms with Crippen molar-refractivity contribution in [3.8, 4) is 6.07 Å². The summed E-state index contributed by atoms with van der Waals surface area (Å²) in [6.45, 7) is 0. The second-order valence-corrected chi connectivity index (χ2v) is 2.78. The van der Waals surface area contributed by atoms with Crippen molar-refractivity contribution in [3.63, 3.8) is 0 Å². The smallest absolute Gasteiger partial charge is 0.144 e. The fourth-order valence-corrected chi connectivity index (χ4v) is 1.09. The minimum absolute atomic E-state index is 0.420. The van der Waals surface area contributed by atoms with Crippen LogP contribution in [0.4, 0.5) is 0 Å². The first kappa shape index (κ1) is 8.83. The van der Waals surface area contributed by atoms with Gasteiger partial charge in [-0.15, -0.1) is 0 Å². The zero-order valence-electron chi connectivity index (χ0n) is 6.99. The third-order valence-corrected chi connectivity index (χ3v) is 1.82. The summed E-state index contributed by atoms with van der Waals surface area (Å²) < 4.78 is 0. The van der Waals surface area contributed by atoms with Gasteiger partial charge >= 0.3 is 0 Å². The zero-order valence-corrected chi connectivity index (χ0v) is 6.99. The number of benzene rings is 1. The third-order valence-electron chi connectivity index (χ3n) is 1.82. The lowest BCUT2D eigenvalue weighted by atomic mass is 9.88. The van der Waals surface area contributed by atoms with E-state index in [9.17, 15) is 0 Å². The van der Waals surface area contributed by atoms with E-state index < -0.39 is 6.10 Å². The summed E-state index contributed by atoms with van der Waals surface area (Å²) in [5.41, 5.74) is 2.15. The van der Waals surface area contributed by atoms with Crippen LogP contribution in [0.1, 0.15) is 5.56 Å². The van der Waals surface area contributed by atoms with E-state index in [1.165, 1.54) is 0 Å². The standard InChI is InChI=1S/C9H10BNO/c10-9-4-2-1-3-7(9)5-8(12)6-11/h1-4,8,12H,5,10H2. The number of rotatable bonds is 2. The van der Waals surface area contributed by atoms with E-state index in [1.54, 1.807) is 6.07 Å². The van der Waals surface area contributed by atoms with E-state index in [1.807, 2.05) is 32.1 Å². The van der Waals surface area contributed by atoms with Crippen LogP contribution in [0.3, 0.4) is 0 Å². The molecular weight excluding hydrogens is 149 g/mol. The van der Waals surface area contributed by atoms with Crippen molar-refractivity contribution < 1.29 is 5.11 Å². The van der Waals surface area contributed by atoms with Crippen LogP contribution >= 0.6 is 0 Å². The van der Waals surface area contributed by atoms with Crippen LogP contribution in [-0.2, 0) is 6.42 Å². The fourth-order valence-electron chi connectivity index (χ4n) is 1.09. The summed E-state index contributed by atoms with van der Waals surface area (Å²) in [5.74, 6) is 0. The average molecular weight is 159 g/mol. The Hall–Kier alpha value is -1.27. The maximum absolute atomic E-state index is 9.07. The Morgan fingerprint density at radius 1 is 1.50 bits per heavy atom. The molecule has 0 fully saturated rings. The van der Waals surface area contributed by atoms with Gasteiger partial charge in [-0.2, -0.15) is 5.26 Å². The molecule has 0 heterocycles. The molecule has 1 unspecified atom stereocenters. The lowest BCUT2D eigenvalue weighted by molar-refractivity contribution is 0.231. The molecule has 0 aliphatic heterocycles. The normalized spacial score (nSPS) is 12.0. The molecule has 1 rings (SSSR count). The lowest BCUT2D eigenvalue weighted by Gasteiger charge is -2.05. The van der Waals surface area contributed by atoms with Gasteiger partial charge in [-0.1, -0.05) is 35.3 Å². The highest BCUT2D eigenvalue weighted by atomic mass is 16.3. The molecule has 1 N–H and O–H groups in total. The first-order valence-corrected chi connectivity index (χ1v) is 3.86. The Kier molecular flexibility index (Phi) is 2.90.